The number of carbonyl (C=O) groups excluding carboxylic acids is 1. The fraction of sp³-hybridized carbons (Fsp3) is 0.188. The number of halogens is 1. The van der Waals surface area contributed by atoms with E-state index < -0.39 is 0 Å². The summed E-state index contributed by atoms with van der Waals surface area (Å²) in [6, 6.07) is 12.9. The Bertz CT molecular complexity index is 655. The molecule has 2 aromatic carbocycles. The summed E-state index contributed by atoms with van der Waals surface area (Å²) in [5.74, 6) is -0.142. The van der Waals surface area contributed by atoms with Gasteiger partial charge < -0.3 is 10.6 Å². The predicted molar refractivity (Wildman–Crippen MR) is 82.7 cm³/mol. The molecule has 0 bridgehead atoms. The van der Waals surface area contributed by atoms with Gasteiger partial charge in [-0.15, -0.1) is 0 Å². The van der Waals surface area contributed by atoms with E-state index in [2.05, 4.69) is 10.6 Å². The van der Waals surface area contributed by atoms with Gasteiger partial charge in [0.1, 0.15) is 0 Å². The van der Waals surface area contributed by atoms with E-state index in [1.54, 1.807) is 24.3 Å². The number of benzene rings is 2. The zero-order chi connectivity index (χ0) is 13.9. The standard InChI is InChI=1S/C16H15ClN2O/c17-13-5-1-3-12(9-13)16(20)19-14-6-7-15-11(10-14)4-2-8-18-15/h1,3,5-7,9-10,18H,2,4,8H2,(H,19,20). The number of amides is 1. The van der Waals surface area contributed by atoms with E-state index in [-0.39, 0.29) is 5.91 Å². The Morgan fingerprint density at radius 3 is 2.95 bits per heavy atom. The summed E-state index contributed by atoms with van der Waals surface area (Å²) in [6.45, 7) is 1.02. The number of nitrogens with one attached hydrogen (secondary N) is 2. The van der Waals surface area contributed by atoms with Crippen molar-refractivity contribution in [3.8, 4) is 0 Å². The lowest BCUT2D eigenvalue weighted by atomic mass is 10.0. The normalized spacial score (nSPS) is 13.2. The second-order valence-electron chi connectivity index (χ2n) is 4.87. The van der Waals surface area contributed by atoms with Gasteiger partial charge in [0.2, 0.25) is 0 Å². The van der Waals surface area contributed by atoms with Gasteiger partial charge in [0.15, 0.2) is 0 Å². The third kappa shape index (κ3) is 2.78. The number of aryl methyl sites for hydroxylation is 1. The van der Waals surface area contributed by atoms with Crippen molar-refractivity contribution in [2.45, 2.75) is 12.8 Å². The Kier molecular flexibility index (Phi) is 3.61. The van der Waals surface area contributed by atoms with E-state index in [4.69, 9.17) is 11.6 Å². The van der Waals surface area contributed by atoms with E-state index in [9.17, 15) is 4.79 Å². The molecule has 3 nitrogen and oxygen atoms in total. The van der Waals surface area contributed by atoms with Crippen molar-refractivity contribution in [3.05, 3.63) is 58.6 Å². The highest BCUT2D eigenvalue weighted by Crippen LogP contribution is 2.25. The fourth-order valence-electron chi connectivity index (χ4n) is 2.39. The average Bonchev–Trinajstić information content (AvgIpc) is 2.47. The molecule has 1 aliphatic rings. The van der Waals surface area contributed by atoms with Crippen molar-refractivity contribution < 1.29 is 4.79 Å². The number of anilines is 2. The van der Waals surface area contributed by atoms with Crippen LogP contribution in [0.2, 0.25) is 5.02 Å². The molecule has 0 aromatic heterocycles. The second kappa shape index (κ2) is 5.55. The molecule has 1 aliphatic heterocycles. The Hall–Kier alpha value is -2.00. The summed E-state index contributed by atoms with van der Waals surface area (Å²) in [5.41, 5.74) is 3.79. The van der Waals surface area contributed by atoms with Gasteiger partial charge in [-0.2, -0.15) is 0 Å². The second-order valence-corrected chi connectivity index (χ2v) is 5.30. The SMILES string of the molecule is O=C(Nc1ccc2c(c1)CCCN2)c1cccc(Cl)c1. The molecule has 0 atom stereocenters. The van der Waals surface area contributed by atoms with Gasteiger partial charge in [0, 0.05) is 28.5 Å². The molecule has 20 heavy (non-hydrogen) atoms. The smallest absolute Gasteiger partial charge is 0.255 e. The van der Waals surface area contributed by atoms with Crippen molar-refractivity contribution >= 4 is 28.9 Å². The van der Waals surface area contributed by atoms with Crippen molar-refractivity contribution in [1.29, 1.82) is 0 Å². The topological polar surface area (TPSA) is 41.1 Å². The molecule has 3 rings (SSSR count). The Morgan fingerprint density at radius 2 is 2.10 bits per heavy atom. The van der Waals surface area contributed by atoms with Gasteiger partial charge in [-0.3, -0.25) is 4.79 Å². The molecule has 4 heteroatoms. The van der Waals surface area contributed by atoms with E-state index in [1.165, 1.54) is 5.56 Å². The first-order valence-electron chi connectivity index (χ1n) is 6.66. The minimum Gasteiger partial charge on any atom is -0.385 e. The number of carbonyl (C=O) groups is 1. The molecule has 1 amide bonds. The maximum absolute atomic E-state index is 12.1. The molecule has 0 unspecified atom stereocenters. The zero-order valence-electron chi connectivity index (χ0n) is 10.9. The summed E-state index contributed by atoms with van der Waals surface area (Å²) in [7, 11) is 0. The van der Waals surface area contributed by atoms with Crippen LogP contribution in [0.5, 0.6) is 0 Å². The lowest BCUT2D eigenvalue weighted by Gasteiger charge is -2.18. The first-order valence-corrected chi connectivity index (χ1v) is 7.04. The molecule has 0 aliphatic carbocycles. The van der Waals surface area contributed by atoms with E-state index >= 15 is 0 Å². The predicted octanol–water partition coefficient (Wildman–Crippen LogP) is 3.95. The third-order valence-electron chi connectivity index (χ3n) is 3.39. The summed E-state index contributed by atoms with van der Waals surface area (Å²) in [5, 5.41) is 6.82. The van der Waals surface area contributed by atoms with E-state index in [1.807, 2.05) is 18.2 Å². The number of hydrogen-bond acceptors (Lipinski definition) is 2. The van der Waals surface area contributed by atoms with Crippen molar-refractivity contribution in [1.82, 2.24) is 0 Å². The van der Waals surface area contributed by atoms with Crippen LogP contribution in [-0.4, -0.2) is 12.5 Å². The summed E-state index contributed by atoms with van der Waals surface area (Å²) in [4.78, 5) is 12.1. The molecule has 0 fully saturated rings. The maximum atomic E-state index is 12.1. The zero-order valence-corrected chi connectivity index (χ0v) is 11.7. The van der Waals surface area contributed by atoms with E-state index in [0.717, 1.165) is 30.8 Å². The molecule has 0 saturated carbocycles. The third-order valence-corrected chi connectivity index (χ3v) is 3.62. The lowest BCUT2D eigenvalue weighted by Crippen LogP contribution is -2.14. The highest BCUT2D eigenvalue weighted by molar-refractivity contribution is 6.31. The highest BCUT2D eigenvalue weighted by atomic mass is 35.5. The molecule has 2 N–H and O–H groups in total. The maximum Gasteiger partial charge on any atom is 0.255 e. The van der Waals surface area contributed by atoms with Gasteiger partial charge in [-0.25, -0.2) is 0 Å². The summed E-state index contributed by atoms with van der Waals surface area (Å²) >= 11 is 5.90. The fourth-order valence-corrected chi connectivity index (χ4v) is 2.58. The van der Waals surface area contributed by atoms with Crippen LogP contribution in [0.4, 0.5) is 11.4 Å². The van der Waals surface area contributed by atoms with Crippen LogP contribution >= 0.6 is 11.6 Å². The van der Waals surface area contributed by atoms with Gasteiger partial charge in [-0.05, 0) is 54.8 Å². The number of hydrogen-bond donors (Lipinski definition) is 2. The van der Waals surface area contributed by atoms with Crippen molar-refractivity contribution in [2.75, 3.05) is 17.2 Å². The average molecular weight is 287 g/mol. The Morgan fingerprint density at radius 1 is 1.20 bits per heavy atom. The lowest BCUT2D eigenvalue weighted by molar-refractivity contribution is 0.102. The molecule has 0 saturated heterocycles. The minimum absolute atomic E-state index is 0.142. The quantitative estimate of drug-likeness (QED) is 0.878. The largest absolute Gasteiger partial charge is 0.385 e. The van der Waals surface area contributed by atoms with Crippen molar-refractivity contribution in [2.24, 2.45) is 0 Å². The summed E-state index contributed by atoms with van der Waals surface area (Å²) in [6.07, 6.45) is 2.17. The van der Waals surface area contributed by atoms with Gasteiger partial charge in [0.05, 0.1) is 0 Å². The highest BCUT2D eigenvalue weighted by Gasteiger charge is 2.11. The molecule has 1 heterocycles. The van der Waals surface area contributed by atoms with E-state index in [0.29, 0.717) is 10.6 Å². The number of fused-ring (bicyclic) bond motifs is 1. The van der Waals surface area contributed by atoms with Crippen LogP contribution in [0, 0.1) is 0 Å². The van der Waals surface area contributed by atoms with Crippen LogP contribution in [0.25, 0.3) is 0 Å². The first kappa shape index (κ1) is 13.0. The minimum atomic E-state index is -0.142. The van der Waals surface area contributed by atoms with Crippen LogP contribution in [-0.2, 0) is 6.42 Å². The molecule has 0 radical (unpaired) electrons. The van der Waals surface area contributed by atoms with Crippen LogP contribution in [0.3, 0.4) is 0 Å². The Balaban J connectivity index is 1.79. The van der Waals surface area contributed by atoms with Gasteiger partial charge in [-0.1, -0.05) is 17.7 Å². The summed E-state index contributed by atoms with van der Waals surface area (Å²) < 4.78 is 0. The van der Waals surface area contributed by atoms with Crippen LogP contribution in [0.15, 0.2) is 42.5 Å². The molecular formula is C16H15ClN2O. The first-order chi connectivity index (χ1) is 9.72. The molecule has 2 aromatic rings. The molecular weight excluding hydrogens is 272 g/mol. The van der Waals surface area contributed by atoms with Crippen LogP contribution in [0.1, 0.15) is 22.3 Å². The van der Waals surface area contributed by atoms with Crippen LogP contribution < -0.4 is 10.6 Å². The monoisotopic (exact) mass is 286 g/mol. The Labute approximate surface area is 123 Å². The molecule has 102 valence electrons. The van der Waals surface area contributed by atoms with Gasteiger partial charge >= 0.3 is 0 Å². The molecule has 0 spiro atoms. The van der Waals surface area contributed by atoms with Gasteiger partial charge in [0.25, 0.3) is 5.91 Å². The number of rotatable bonds is 2. The van der Waals surface area contributed by atoms with Crippen molar-refractivity contribution in [3.63, 3.8) is 0 Å².